The molecule has 2 N–H and O–H groups in total. The zero-order valence-electron chi connectivity index (χ0n) is 13.3. The molecule has 1 aromatic rings. The third-order valence-electron chi connectivity index (χ3n) is 4.22. The molecular formula is C16H26N2O2S. The highest BCUT2D eigenvalue weighted by Crippen LogP contribution is 2.42. The third kappa shape index (κ3) is 4.37. The first kappa shape index (κ1) is 16.1. The molecule has 0 heterocycles. The number of nitrogens with one attached hydrogen (secondary N) is 2. The molecule has 21 heavy (non-hydrogen) atoms. The molecule has 2 rings (SSSR count). The van der Waals surface area contributed by atoms with E-state index in [1.807, 2.05) is 12.1 Å². The van der Waals surface area contributed by atoms with Crippen LogP contribution >= 0.6 is 0 Å². The zero-order chi connectivity index (χ0) is 15.7. The summed E-state index contributed by atoms with van der Waals surface area (Å²) < 4.78 is 25.6. The summed E-state index contributed by atoms with van der Waals surface area (Å²) in [6.07, 6.45) is 2.40. The monoisotopic (exact) mass is 310 g/mol. The summed E-state index contributed by atoms with van der Waals surface area (Å²) in [5, 5.41) is 3.57. The van der Waals surface area contributed by atoms with E-state index in [-0.39, 0.29) is 5.75 Å². The second-order valence-corrected chi connectivity index (χ2v) is 8.89. The van der Waals surface area contributed by atoms with E-state index in [2.05, 4.69) is 30.8 Å². The van der Waals surface area contributed by atoms with Gasteiger partial charge in [0.25, 0.3) is 0 Å². The second kappa shape index (κ2) is 5.87. The molecule has 0 amide bonds. The molecule has 0 radical (unpaired) electrons. The predicted octanol–water partition coefficient (Wildman–Crippen LogP) is 3.68. The number of anilines is 2. The van der Waals surface area contributed by atoms with Crippen LogP contribution in [0.15, 0.2) is 24.3 Å². The summed E-state index contributed by atoms with van der Waals surface area (Å²) in [4.78, 5) is 0. The van der Waals surface area contributed by atoms with Crippen molar-refractivity contribution >= 4 is 21.4 Å². The Balaban J connectivity index is 2.00. The fourth-order valence-corrected chi connectivity index (χ4v) is 3.83. The van der Waals surface area contributed by atoms with Gasteiger partial charge in [0.2, 0.25) is 10.0 Å². The van der Waals surface area contributed by atoms with Gasteiger partial charge in [0, 0.05) is 17.4 Å². The lowest BCUT2D eigenvalue weighted by Crippen LogP contribution is -2.22. The van der Waals surface area contributed by atoms with Gasteiger partial charge in [-0.3, -0.25) is 4.72 Å². The van der Waals surface area contributed by atoms with E-state index in [1.54, 1.807) is 19.1 Å². The lowest BCUT2D eigenvalue weighted by Gasteiger charge is -2.20. The first-order valence-corrected chi connectivity index (χ1v) is 9.23. The summed E-state index contributed by atoms with van der Waals surface area (Å²) in [5.41, 5.74) is 2.06. The largest absolute Gasteiger partial charge is 0.382 e. The second-order valence-electron chi connectivity index (χ2n) is 6.88. The van der Waals surface area contributed by atoms with Gasteiger partial charge in [0.15, 0.2) is 0 Å². The maximum Gasteiger partial charge on any atom is 0.232 e. The van der Waals surface area contributed by atoms with Crippen LogP contribution in [0, 0.1) is 11.3 Å². The van der Waals surface area contributed by atoms with Crippen molar-refractivity contribution in [2.75, 3.05) is 15.8 Å². The van der Waals surface area contributed by atoms with E-state index < -0.39 is 10.0 Å². The molecule has 1 saturated carbocycles. The van der Waals surface area contributed by atoms with E-state index in [1.165, 1.54) is 12.8 Å². The molecular weight excluding hydrogens is 284 g/mol. The van der Waals surface area contributed by atoms with Crippen LogP contribution in [0.4, 0.5) is 11.4 Å². The van der Waals surface area contributed by atoms with Crippen LogP contribution in [0.2, 0.25) is 0 Å². The standard InChI is InChI=1S/C16H26N2O2S/c1-5-21(19,20)18-14-8-6-13(7-9-14)17-15-11-16(3,4)10-12(15)2/h6-9,12,15,17-18H,5,10-11H2,1-4H3. The SMILES string of the molecule is CCS(=O)(=O)Nc1ccc(NC2CC(C)(C)CC2C)cc1. The molecule has 0 aromatic heterocycles. The van der Waals surface area contributed by atoms with Crippen molar-refractivity contribution in [1.29, 1.82) is 0 Å². The van der Waals surface area contributed by atoms with Gasteiger partial charge in [-0.1, -0.05) is 20.8 Å². The summed E-state index contributed by atoms with van der Waals surface area (Å²) in [6.45, 7) is 8.54. The van der Waals surface area contributed by atoms with Crippen LogP contribution in [0.25, 0.3) is 0 Å². The topological polar surface area (TPSA) is 58.2 Å². The normalized spacial score (nSPS) is 24.8. The smallest absolute Gasteiger partial charge is 0.232 e. The summed E-state index contributed by atoms with van der Waals surface area (Å²) in [7, 11) is -3.20. The molecule has 5 heteroatoms. The molecule has 0 spiro atoms. The van der Waals surface area contributed by atoms with E-state index in [9.17, 15) is 8.42 Å². The minimum Gasteiger partial charge on any atom is -0.382 e. The van der Waals surface area contributed by atoms with Gasteiger partial charge in [-0.15, -0.1) is 0 Å². The lowest BCUT2D eigenvalue weighted by atomic mass is 9.91. The van der Waals surface area contributed by atoms with Crippen LogP contribution in [-0.2, 0) is 10.0 Å². The first-order chi connectivity index (χ1) is 9.71. The predicted molar refractivity (Wildman–Crippen MR) is 89.1 cm³/mol. The zero-order valence-corrected chi connectivity index (χ0v) is 14.1. The Morgan fingerprint density at radius 2 is 1.71 bits per heavy atom. The van der Waals surface area contributed by atoms with Gasteiger partial charge in [0.05, 0.1) is 5.75 Å². The molecule has 0 saturated heterocycles. The van der Waals surface area contributed by atoms with Crippen LogP contribution < -0.4 is 10.0 Å². The molecule has 2 atom stereocenters. The Morgan fingerprint density at radius 1 is 1.14 bits per heavy atom. The first-order valence-electron chi connectivity index (χ1n) is 7.58. The maximum atomic E-state index is 11.5. The molecule has 0 aliphatic heterocycles. The highest BCUT2D eigenvalue weighted by Gasteiger charge is 2.36. The number of sulfonamides is 1. The summed E-state index contributed by atoms with van der Waals surface area (Å²) in [6, 6.07) is 7.97. The fraction of sp³-hybridized carbons (Fsp3) is 0.625. The lowest BCUT2D eigenvalue weighted by molar-refractivity contribution is 0.366. The van der Waals surface area contributed by atoms with Crippen LogP contribution in [0.1, 0.15) is 40.5 Å². The number of hydrogen-bond acceptors (Lipinski definition) is 3. The molecule has 1 aliphatic rings. The van der Waals surface area contributed by atoms with Gasteiger partial charge in [-0.05, 0) is 55.4 Å². The molecule has 0 bridgehead atoms. The van der Waals surface area contributed by atoms with Gasteiger partial charge < -0.3 is 5.32 Å². The van der Waals surface area contributed by atoms with Gasteiger partial charge in [-0.25, -0.2) is 8.42 Å². The van der Waals surface area contributed by atoms with Crippen LogP contribution in [0.5, 0.6) is 0 Å². The average molecular weight is 310 g/mol. The van der Waals surface area contributed by atoms with E-state index in [0.717, 1.165) is 5.69 Å². The van der Waals surface area contributed by atoms with E-state index >= 15 is 0 Å². The average Bonchev–Trinajstić information content (AvgIpc) is 2.64. The highest BCUT2D eigenvalue weighted by molar-refractivity contribution is 7.92. The van der Waals surface area contributed by atoms with Crippen molar-refractivity contribution in [1.82, 2.24) is 0 Å². The fourth-order valence-electron chi connectivity index (χ4n) is 3.19. The van der Waals surface area contributed by atoms with Crippen molar-refractivity contribution < 1.29 is 8.42 Å². The molecule has 118 valence electrons. The minimum absolute atomic E-state index is 0.0850. The van der Waals surface area contributed by atoms with Crippen LogP contribution in [0.3, 0.4) is 0 Å². The Bertz CT molecular complexity index is 579. The van der Waals surface area contributed by atoms with Gasteiger partial charge >= 0.3 is 0 Å². The van der Waals surface area contributed by atoms with Crippen molar-refractivity contribution in [3.63, 3.8) is 0 Å². The highest BCUT2D eigenvalue weighted by atomic mass is 32.2. The number of hydrogen-bond donors (Lipinski definition) is 2. The molecule has 4 nitrogen and oxygen atoms in total. The maximum absolute atomic E-state index is 11.5. The third-order valence-corrected chi connectivity index (χ3v) is 5.53. The molecule has 2 unspecified atom stereocenters. The Kier molecular flexibility index (Phi) is 4.51. The van der Waals surface area contributed by atoms with Crippen molar-refractivity contribution in [3.8, 4) is 0 Å². The quantitative estimate of drug-likeness (QED) is 0.872. The Labute approximate surface area is 128 Å². The van der Waals surface area contributed by atoms with Crippen molar-refractivity contribution in [3.05, 3.63) is 24.3 Å². The van der Waals surface area contributed by atoms with Gasteiger partial charge in [0.1, 0.15) is 0 Å². The summed E-state index contributed by atoms with van der Waals surface area (Å²) >= 11 is 0. The Hall–Kier alpha value is -1.23. The summed E-state index contributed by atoms with van der Waals surface area (Å²) in [5.74, 6) is 0.736. The van der Waals surface area contributed by atoms with Gasteiger partial charge in [-0.2, -0.15) is 0 Å². The number of rotatable bonds is 5. The Morgan fingerprint density at radius 3 is 2.19 bits per heavy atom. The van der Waals surface area contributed by atoms with Crippen molar-refractivity contribution in [2.24, 2.45) is 11.3 Å². The van der Waals surface area contributed by atoms with Crippen LogP contribution in [-0.4, -0.2) is 20.2 Å². The van der Waals surface area contributed by atoms with E-state index in [4.69, 9.17) is 0 Å². The number of benzene rings is 1. The molecule has 1 fully saturated rings. The van der Waals surface area contributed by atoms with E-state index in [0.29, 0.717) is 23.1 Å². The minimum atomic E-state index is -3.20. The van der Waals surface area contributed by atoms with Crippen molar-refractivity contribution in [2.45, 2.75) is 46.6 Å². The molecule has 1 aromatic carbocycles. The molecule has 1 aliphatic carbocycles.